The minimum atomic E-state index is -3.27. The maximum atomic E-state index is 12.6. The Labute approximate surface area is 142 Å². The topological polar surface area (TPSA) is 66.4 Å². The maximum Gasteiger partial charge on any atom is 0.281 e. The zero-order chi connectivity index (χ0) is 16.6. The number of hydrogen-bond donors (Lipinski definition) is 0. The minimum Gasteiger partial charge on any atom is -0.237 e. The van der Waals surface area contributed by atoms with E-state index in [1.807, 2.05) is 12.1 Å². The van der Waals surface area contributed by atoms with Gasteiger partial charge in [0.1, 0.15) is 0 Å². The van der Waals surface area contributed by atoms with E-state index in [0.29, 0.717) is 32.1 Å². The van der Waals surface area contributed by atoms with Gasteiger partial charge in [-0.1, -0.05) is 0 Å². The number of piperidine rings is 1. The molecule has 0 aromatic carbocycles. The Hall–Kier alpha value is -1.57. The predicted molar refractivity (Wildman–Crippen MR) is 92.8 cm³/mol. The molecule has 0 amide bonds. The molecule has 0 radical (unpaired) electrons. The number of nitrogens with zero attached hydrogens (tertiary/aromatic N) is 4. The van der Waals surface area contributed by atoms with Gasteiger partial charge in [-0.25, -0.2) is 9.97 Å². The van der Waals surface area contributed by atoms with E-state index in [0.717, 1.165) is 42.4 Å². The van der Waals surface area contributed by atoms with Crippen molar-refractivity contribution in [1.29, 1.82) is 0 Å². The van der Waals surface area contributed by atoms with Crippen molar-refractivity contribution in [2.24, 2.45) is 0 Å². The second-order valence-electron chi connectivity index (χ2n) is 6.57. The Bertz CT molecular complexity index is 825. The van der Waals surface area contributed by atoms with Crippen molar-refractivity contribution in [3.05, 3.63) is 36.2 Å². The van der Waals surface area contributed by atoms with Gasteiger partial charge in [0.05, 0.1) is 0 Å². The molecule has 0 saturated carbocycles. The van der Waals surface area contributed by atoms with Gasteiger partial charge in [-0.3, -0.25) is 0 Å². The Balaban J connectivity index is 1.47. The number of hydrogen-bond acceptors (Lipinski definition) is 4. The molecule has 128 valence electrons. The third-order valence-electron chi connectivity index (χ3n) is 5.08. The van der Waals surface area contributed by atoms with Gasteiger partial charge < -0.3 is 0 Å². The van der Waals surface area contributed by atoms with Crippen LogP contribution in [0.1, 0.15) is 37.3 Å². The van der Waals surface area contributed by atoms with Crippen LogP contribution in [0.5, 0.6) is 0 Å². The SMILES string of the molecule is O=S(=O)(N1CCCC1)N1CCC(c2ccc3cccnc3n2)CC1. The molecule has 0 N–H and O–H groups in total. The summed E-state index contributed by atoms with van der Waals surface area (Å²) >= 11 is 0. The van der Waals surface area contributed by atoms with Gasteiger partial charge in [0, 0.05) is 49.4 Å². The Kier molecular flexibility index (Phi) is 4.24. The fourth-order valence-electron chi connectivity index (χ4n) is 3.66. The summed E-state index contributed by atoms with van der Waals surface area (Å²) < 4.78 is 28.5. The molecule has 2 aliphatic heterocycles. The molecular formula is C17H22N4O2S. The van der Waals surface area contributed by atoms with Crippen LogP contribution in [-0.2, 0) is 10.2 Å². The Morgan fingerprint density at radius 3 is 2.42 bits per heavy atom. The number of aromatic nitrogens is 2. The summed E-state index contributed by atoms with van der Waals surface area (Å²) in [5, 5.41) is 1.04. The number of rotatable bonds is 3. The van der Waals surface area contributed by atoms with Crippen LogP contribution >= 0.6 is 0 Å². The number of pyridine rings is 2. The lowest BCUT2D eigenvalue weighted by Crippen LogP contribution is -2.45. The van der Waals surface area contributed by atoms with Crippen LogP contribution in [0.2, 0.25) is 0 Å². The Morgan fingerprint density at radius 1 is 0.958 bits per heavy atom. The highest BCUT2D eigenvalue weighted by Crippen LogP contribution is 2.30. The van der Waals surface area contributed by atoms with E-state index in [2.05, 4.69) is 22.1 Å². The highest BCUT2D eigenvalue weighted by atomic mass is 32.2. The lowest BCUT2D eigenvalue weighted by Gasteiger charge is -2.33. The summed E-state index contributed by atoms with van der Waals surface area (Å²) in [6.45, 7) is 2.48. The second-order valence-corrected chi connectivity index (χ2v) is 8.50. The van der Waals surface area contributed by atoms with Gasteiger partial charge in [-0.2, -0.15) is 17.0 Å². The van der Waals surface area contributed by atoms with Crippen molar-refractivity contribution in [1.82, 2.24) is 18.6 Å². The van der Waals surface area contributed by atoms with Crippen LogP contribution in [0, 0.1) is 0 Å². The smallest absolute Gasteiger partial charge is 0.237 e. The molecular weight excluding hydrogens is 324 g/mol. The molecule has 0 spiro atoms. The molecule has 4 rings (SSSR count). The summed E-state index contributed by atoms with van der Waals surface area (Å²) in [5.74, 6) is 0.307. The molecule has 2 aliphatic rings. The molecule has 0 bridgehead atoms. The van der Waals surface area contributed by atoms with E-state index < -0.39 is 10.2 Å². The van der Waals surface area contributed by atoms with Crippen molar-refractivity contribution >= 4 is 21.2 Å². The van der Waals surface area contributed by atoms with Crippen LogP contribution in [-0.4, -0.2) is 53.2 Å². The van der Waals surface area contributed by atoms with Crippen molar-refractivity contribution in [3.8, 4) is 0 Å². The molecule has 2 aromatic heterocycles. The Morgan fingerprint density at radius 2 is 1.67 bits per heavy atom. The van der Waals surface area contributed by atoms with E-state index in [1.54, 1.807) is 14.8 Å². The molecule has 2 fully saturated rings. The molecule has 2 saturated heterocycles. The average molecular weight is 346 g/mol. The van der Waals surface area contributed by atoms with E-state index >= 15 is 0 Å². The molecule has 6 nitrogen and oxygen atoms in total. The first-order valence-corrected chi connectivity index (χ1v) is 10.0. The molecule has 24 heavy (non-hydrogen) atoms. The largest absolute Gasteiger partial charge is 0.281 e. The first-order valence-electron chi connectivity index (χ1n) is 8.61. The van der Waals surface area contributed by atoms with Crippen molar-refractivity contribution in [3.63, 3.8) is 0 Å². The van der Waals surface area contributed by atoms with Crippen molar-refractivity contribution in [2.45, 2.75) is 31.6 Å². The zero-order valence-corrected chi connectivity index (χ0v) is 14.5. The summed E-state index contributed by atoms with van der Waals surface area (Å²) in [6.07, 6.45) is 5.34. The van der Waals surface area contributed by atoms with Gasteiger partial charge in [-0.05, 0) is 49.9 Å². The summed E-state index contributed by atoms with van der Waals surface area (Å²) in [7, 11) is -3.27. The molecule has 0 aliphatic carbocycles. The van der Waals surface area contributed by atoms with E-state index in [9.17, 15) is 8.42 Å². The first-order chi connectivity index (χ1) is 11.6. The van der Waals surface area contributed by atoms with Crippen LogP contribution in [0.25, 0.3) is 11.0 Å². The molecule has 0 atom stereocenters. The monoisotopic (exact) mass is 346 g/mol. The second kappa shape index (κ2) is 6.38. The maximum absolute atomic E-state index is 12.6. The zero-order valence-electron chi connectivity index (χ0n) is 13.6. The summed E-state index contributed by atoms with van der Waals surface area (Å²) in [4.78, 5) is 8.99. The highest BCUT2D eigenvalue weighted by Gasteiger charge is 2.34. The third kappa shape index (κ3) is 2.92. The van der Waals surface area contributed by atoms with Gasteiger partial charge in [0.15, 0.2) is 5.65 Å². The molecule has 4 heterocycles. The lowest BCUT2D eigenvalue weighted by molar-refractivity contribution is 0.294. The van der Waals surface area contributed by atoms with Crippen molar-refractivity contribution < 1.29 is 8.42 Å². The normalized spacial score (nSPS) is 21.5. The molecule has 7 heteroatoms. The fraction of sp³-hybridized carbons (Fsp3) is 0.529. The van der Waals surface area contributed by atoms with Gasteiger partial charge in [-0.15, -0.1) is 0 Å². The minimum absolute atomic E-state index is 0.307. The van der Waals surface area contributed by atoms with Gasteiger partial charge >= 0.3 is 0 Å². The first kappa shape index (κ1) is 15.9. The number of fused-ring (bicyclic) bond motifs is 1. The lowest BCUT2D eigenvalue weighted by atomic mass is 9.94. The van der Waals surface area contributed by atoms with Gasteiger partial charge in [0.25, 0.3) is 10.2 Å². The summed E-state index contributed by atoms with van der Waals surface area (Å²) in [6, 6.07) is 8.02. The quantitative estimate of drug-likeness (QED) is 0.854. The standard InChI is InChI=1S/C17H22N4O2S/c22-24(23,20-10-1-2-11-20)21-12-7-14(8-13-21)16-6-5-15-4-3-9-18-17(15)19-16/h3-6,9,14H,1-2,7-8,10-13H2. The van der Waals surface area contributed by atoms with Crippen LogP contribution in [0.3, 0.4) is 0 Å². The molecule has 2 aromatic rings. The summed E-state index contributed by atoms with van der Waals surface area (Å²) in [5.41, 5.74) is 1.79. The van der Waals surface area contributed by atoms with Crippen LogP contribution < -0.4 is 0 Å². The van der Waals surface area contributed by atoms with Crippen molar-refractivity contribution in [2.75, 3.05) is 26.2 Å². The highest BCUT2D eigenvalue weighted by molar-refractivity contribution is 7.86. The molecule has 0 unspecified atom stereocenters. The fourth-order valence-corrected chi connectivity index (χ4v) is 5.38. The van der Waals surface area contributed by atoms with E-state index in [4.69, 9.17) is 0 Å². The van der Waals surface area contributed by atoms with Gasteiger partial charge in [0.2, 0.25) is 0 Å². The van der Waals surface area contributed by atoms with E-state index in [1.165, 1.54) is 0 Å². The van der Waals surface area contributed by atoms with Crippen LogP contribution in [0.15, 0.2) is 30.5 Å². The van der Waals surface area contributed by atoms with E-state index in [-0.39, 0.29) is 0 Å². The van der Waals surface area contributed by atoms with Crippen LogP contribution in [0.4, 0.5) is 0 Å². The average Bonchev–Trinajstić information content (AvgIpc) is 3.17. The predicted octanol–water partition coefficient (Wildman–Crippen LogP) is 2.15. The third-order valence-corrected chi connectivity index (χ3v) is 7.11.